The van der Waals surface area contributed by atoms with Crippen LogP contribution in [0.3, 0.4) is 0 Å². The van der Waals surface area contributed by atoms with Crippen molar-refractivity contribution in [3.8, 4) is 11.3 Å². The Morgan fingerprint density at radius 3 is 2.47 bits per heavy atom. The lowest BCUT2D eigenvalue weighted by Gasteiger charge is -2.15. The van der Waals surface area contributed by atoms with Gasteiger partial charge in [-0.1, -0.05) is 0 Å². The summed E-state index contributed by atoms with van der Waals surface area (Å²) in [6.07, 6.45) is 7.88. The van der Waals surface area contributed by atoms with E-state index in [1.807, 2.05) is 24.4 Å². The van der Waals surface area contributed by atoms with Gasteiger partial charge in [0.15, 0.2) is 0 Å². The predicted molar refractivity (Wildman–Crippen MR) is 66.7 cm³/mol. The van der Waals surface area contributed by atoms with Crippen molar-refractivity contribution in [2.24, 2.45) is 0 Å². The molecule has 0 atom stereocenters. The molecule has 3 heterocycles. The maximum Gasteiger partial charge on any atom is 0.225 e. The standard InChI is InChI=1S/C13H14N4/c1-2-10-17(9-1)13-15-8-5-12(16-13)11-3-6-14-7-4-11/h3-8H,1-2,9-10H2. The van der Waals surface area contributed by atoms with Crippen molar-refractivity contribution in [1.29, 1.82) is 0 Å². The van der Waals surface area contributed by atoms with E-state index in [0.29, 0.717) is 0 Å². The van der Waals surface area contributed by atoms with E-state index in [9.17, 15) is 0 Å². The van der Waals surface area contributed by atoms with Gasteiger partial charge >= 0.3 is 0 Å². The molecule has 4 heteroatoms. The molecule has 3 rings (SSSR count). The SMILES string of the molecule is c1cc(-c2ccnc(N3CCCC3)n2)ccn1. The number of hydrogen-bond acceptors (Lipinski definition) is 4. The predicted octanol–water partition coefficient (Wildman–Crippen LogP) is 2.14. The molecule has 2 aromatic rings. The molecule has 0 aliphatic carbocycles. The van der Waals surface area contributed by atoms with Crippen LogP contribution in [0.4, 0.5) is 5.95 Å². The summed E-state index contributed by atoms with van der Waals surface area (Å²) >= 11 is 0. The van der Waals surface area contributed by atoms with Gasteiger partial charge < -0.3 is 4.90 Å². The second-order valence-corrected chi connectivity index (χ2v) is 4.17. The smallest absolute Gasteiger partial charge is 0.225 e. The second-order valence-electron chi connectivity index (χ2n) is 4.17. The van der Waals surface area contributed by atoms with Crippen LogP contribution in [0.15, 0.2) is 36.8 Å². The molecule has 0 amide bonds. The quantitative estimate of drug-likeness (QED) is 0.786. The summed E-state index contributed by atoms with van der Waals surface area (Å²) < 4.78 is 0. The van der Waals surface area contributed by atoms with Gasteiger partial charge in [-0.2, -0.15) is 0 Å². The maximum atomic E-state index is 4.61. The fourth-order valence-corrected chi connectivity index (χ4v) is 2.10. The van der Waals surface area contributed by atoms with Gasteiger partial charge in [-0.3, -0.25) is 4.98 Å². The number of hydrogen-bond donors (Lipinski definition) is 0. The third-order valence-corrected chi connectivity index (χ3v) is 3.01. The van der Waals surface area contributed by atoms with Crippen LogP contribution in [0, 0.1) is 0 Å². The molecular weight excluding hydrogens is 212 g/mol. The minimum absolute atomic E-state index is 0.844. The highest BCUT2D eigenvalue weighted by molar-refractivity contribution is 5.59. The molecule has 1 saturated heterocycles. The summed E-state index contributed by atoms with van der Waals surface area (Å²) in [5.41, 5.74) is 2.05. The van der Waals surface area contributed by atoms with Gasteiger partial charge in [0.1, 0.15) is 0 Å². The van der Waals surface area contributed by atoms with E-state index in [1.165, 1.54) is 12.8 Å². The van der Waals surface area contributed by atoms with E-state index in [-0.39, 0.29) is 0 Å². The number of aromatic nitrogens is 3. The summed E-state index contributed by atoms with van der Waals surface area (Å²) in [5.74, 6) is 0.844. The van der Waals surface area contributed by atoms with Gasteiger partial charge in [0.25, 0.3) is 0 Å². The minimum atomic E-state index is 0.844. The van der Waals surface area contributed by atoms with E-state index in [0.717, 1.165) is 30.3 Å². The third kappa shape index (κ3) is 2.11. The van der Waals surface area contributed by atoms with Crippen LogP contribution < -0.4 is 4.90 Å². The van der Waals surface area contributed by atoms with Crippen molar-refractivity contribution in [3.63, 3.8) is 0 Å². The molecule has 0 radical (unpaired) electrons. The van der Waals surface area contributed by atoms with Gasteiger partial charge in [-0.25, -0.2) is 9.97 Å². The number of anilines is 1. The average Bonchev–Trinajstić information content (AvgIpc) is 2.94. The summed E-state index contributed by atoms with van der Waals surface area (Å²) in [5, 5.41) is 0. The first-order valence-corrected chi connectivity index (χ1v) is 5.92. The topological polar surface area (TPSA) is 41.9 Å². The first-order valence-electron chi connectivity index (χ1n) is 5.92. The first-order chi connectivity index (χ1) is 8.43. The second kappa shape index (κ2) is 4.49. The van der Waals surface area contributed by atoms with Gasteiger partial charge in [-0.05, 0) is 31.0 Å². The van der Waals surface area contributed by atoms with Crippen molar-refractivity contribution in [3.05, 3.63) is 36.8 Å². The molecule has 0 bridgehead atoms. The zero-order chi connectivity index (χ0) is 11.5. The summed E-state index contributed by atoms with van der Waals surface area (Å²) in [4.78, 5) is 15.2. The average molecular weight is 226 g/mol. The highest BCUT2D eigenvalue weighted by Crippen LogP contribution is 2.20. The molecule has 0 spiro atoms. The maximum absolute atomic E-state index is 4.61. The normalized spacial score (nSPS) is 15.2. The Kier molecular flexibility index (Phi) is 2.69. The summed E-state index contributed by atoms with van der Waals surface area (Å²) in [6.45, 7) is 2.14. The lowest BCUT2D eigenvalue weighted by atomic mass is 10.2. The fraction of sp³-hybridized carbons (Fsp3) is 0.308. The van der Waals surface area contributed by atoms with Gasteiger partial charge in [-0.15, -0.1) is 0 Å². The van der Waals surface area contributed by atoms with Crippen LogP contribution in [-0.2, 0) is 0 Å². The van der Waals surface area contributed by atoms with E-state index in [1.54, 1.807) is 12.4 Å². The van der Waals surface area contributed by atoms with Crippen LogP contribution in [0.1, 0.15) is 12.8 Å². The Hall–Kier alpha value is -1.97. The lowest BCUT2D eigenvalue weighted by molar-refractivity contribution is 0.900. The van der Waals surface area contributed by atoms with Crippen LogP contribution >= 0.6 is 0 Å². The number of rotatable bonds is 2. The van der Waals surface area contributed by atoms with Crippen LogP contribution in [0.5, 0.6) is 0 Å². The molecule has 4 nitrogen and oxygen atoms in total. The molecule has 1 fully saturated rings. The molecular formula is C13H14N4. The Balaban J connectivity index is 1.94. The molecule has 86 valence electrons. The summed E-state index contributed by atoms with van der Waals surface area (Å²) in [6, 6.07) is 5.88. The zero-order valence-corrected chi connectivity index (χ0v) is 9.58. The Morgan fingerprint density at radius 1 is 0.941 bits per heavy atom. The fourth-order valence-electron chi connectivity index (χ4n) is 2.10. The molecule has 1 aliphatic rings. The number of nitrogens with zero attached hydrogens (tertiary/aromatic N) is 4. The Labute approximate surface area is 100 Å². The number of pyridine rings is 1. The van der Waals surface area contributed by atoms with Crippen LogP contribution in [-0.4, -0.2) is 28.0 Å². The van der Waals surface area contributed by atoms with Crippen LogP contribution in [0.2, 0.25) is 0 Å². The highest BCUT2D eigenvalue weighted by atomic mass is 15.3. The largest absolute Gasteiger partial charge is 0.341 e. The van der Waals surface area contributed by atoms with Crippen molar-refractivity contribution in [2.45, 2.75) is 12.8 Å². The van der Waals surface area contributed by atoms with E-state index in [2.05, 4.69) is 19.9 Å². The van der Waals surface area contributed by atoms with Crippen molar-refractivity contribution in [2.75, 3.05) is 18.0 Å². The molecule has 0 saturated carbocycles. The van der Waals surface area contributed by atoms with Crippen molar-refractivity contribution >= 4 is 5.95 Å². The van der Waals surface area contributed by atoms with Gasteiger partial charge in [0.05, 0.1) is 5.69 Å². The molecule has 17 heavy (non-hydrogen) atoms. The van der Waals surface area contributed by atoms with E-state index >= 15 is 0 Å². The van der Waals surface area contributed by atoms with Crippen LogP contribution in [0.25, 0.3) is 11.3 Å². The molecule has 0 unspecified atom stereocenters. The van der Waals surface area contributed by atoms with Gasteiger partial charge in [0, 0.05) is 37.2 Å². The van der Waals surface area contributed by atoms with Crippen molar-refractivity contribution < 1.29 is 0 Å². The highest BCUT2D eigenvalue weighted by Gasteiger charge is 2.15. The minimum Gasteiger partial charge on any atom is -0.341 e. The van der Waals surface area contributed by atoms with Gasteiger partial charge in [0.2, 0.25) is 5.95 Å². The van der Waals surface area contributed by atoms with Crippen molar-refractivity contribution in [1.82, 2.24) is 15.0 Å². The molecule has 0 N–H and O–H groups in total. The monoisotopic (exact) mass is 226 g/mol. The summed E-state index contributed by atoms with van der Waals surface area (Å²) in [7, 11) is 0. The molecule has 2 aromatic heterocycles. The Morgan fingerprint density at radius 2 is 1.71 bits per heavy atom. The lowest BCUT2D eigenvalue weighted by Crippen LogP contribution is -2.20. The first kappa shape index (κ1) is 10.2. The third-order valence-electron chi connectivity index (χ3n) is 3.01. The zero-order valence-electron chi connectivity index (χ0n) is 9.58. The van der Waals surface area contributed by atoms with E-state index < -0.39 is 0 Å². The van der Waals surface area contributed by atoms with E-state index in [4.69, 9.17) is 0 Å². The molecule has 0 aromatic carbocycles. The Bertz CT molecular complexity index is 492. The molecule has 1 aliphatic heterocycles.